The van der Waals surface area contributed by atoms with Gasteiger partial charge in [0.05, 0.1) is 0 Å². The molecule has 1 unspecified atom stereocenters. The largest absolute Gasteiger partial charge is 0.362 e. The first kappa shape index (κ1) is 33.7. The van der Waals surface area contributed by atoms with Gasteiger partial charge in [0, 0.05) is 51.9 Å². The number of rotatable bonds is 10. The standard InChI is InChI=1S/C52H41N3/c1(6-19-39-21-18-22-40-20-13-14-29-48(39)40)2-17-34-53-43-35-42(36-47(38-43)54(44-23-7-3-8-24-44)45-25-9-4-10-26-45)41-32-33-52-50(37-41)49-30-15-16-31-51(49)55(52)46-27-11-5-12-28-46/h1-29,31-38,49,53H,30H2/b2-1-,19-6-,34-17+. The number of para-hydroxylation sites is 3. The third-order valence-corrected chi connectivity index (χ3v) is 10.4. The fourth-order valence-electron chi connectivity index (χ4n) is 7.83. The van der Waals surface area contributed by atoms with Crippen molar-refractivity contribution >= 4 is 51.0 Å². The van der Waals surface area contributed by atoms with Crippen molar-refractivity contribution in [1.29, 1.82) is 0 Å². The SMILES string of the molecule is C1=CCC2C(=C1)N(c1ccccc1)c1ccc(-c3cc(N/C=C/C=C\C=C/c4cccc5ccccc45)cc(N(c4ccccc4)c4ccccc4)c3)cc12. The fraction of sp³-hybridized carbons (Fsp3) is 0.0385. The van der Waals surface area contributed by atoms with Gasteiger partial charge in [0.1, 0.15) is 0 Å². The van der Waals surface area contributed by atoms with E-state index in [2.05, 4.69) is 228 Å². The smallest absolute Gasteiger partial charge is 0.0497 e. The van der Waals surface area contributed by atoms with Gasteiger partial charge in [0.2, 0.25) is 0 Å². The third-order valence-electron chi connectivity index (χ3n) is 10.4. The molecule has 0 saturated carbocycles. The monoisotopic (exact) mass is 707 g/mol. The van der Waals surface area contributed by atoms with Gasteiger partial charge in [-0.15, -0.1) is 0 Å². The molecule has 1 heterocycles. The number of nitrogens with one attached hydrogen (secondary N) is 1. The Balaban J connectivity index is 1.07. The predicted molar refractivity (Wildman–Crippen MR) is 235 cm³/mol. The van der Waals surface area contributed by atoms with Gasteiger partial charge in [-0.05, 0) is 118 Å². The van der Waals surface area contributed by atoms with Crippen molar-refractivity contribution in [1.82, 2.24) is 0 Å². The fourth-order valence-corrected chi connectivity index (χ4v) is 7.83. The molecule has 0 amide bonds. The third kappa shape index (κ3) is 7.04. The lowest BCUT2D eigenvalue weighted by Crippen LogP contribution is -2.14. The molecule has 0 bridgehead atoms. The summed E-state index contributed by atoms with van der Waals surface area (Å²) in [6.07, 6.45) is 20.2. The Kier molecular flexibility index (Phi) is 9.49. The molecule has 0 radical (unpaired) electrons. The van der Waals surface area contributed by atoms with Crippen LogP contribution in [0.4, 0.5) is 34.1 Å². The van der Waals surface area contributed by atoms with Crippen LogP contribution in [0.25, 0.3) is 28.0 Å². The summed E-state index contributed by atoms with van der Waals surface area (Å²) in [4.78, 5) is 4.76. The molecule has 1 aliphatic heterocycles. The first-order valence-electron chi connectivity index (χ1n) is 19.0. The van der Waals surface area contributed by atoms with Crippen molar-refractivity contribution in [2.45, 2.75) is 12.3 Å². The van der Waals surface area contributed by atoms with Crippen LogP contribution in [0.1, 0.15) is 23.5 Å². The van der Waals surface area contributed by atoms with Crippen molar-refractivity contribution in [2.75, 3.05) is 15.1 Å². The van der Waals surface area contributed by atoms with Gasteiger partial charge in [-0.1, -0.05) is 140 Å². The van der Waals surface area contributed by atoms with E-state index in [1.807, 2.05) is 12.3 Å². The van der Waals surface area contributed by atoms with Crippen molar-refractivity contribution in [3.8, 4) is 11.1 Å². The molecule has 7 aromatic carbocycles. The summed E-state index contributed by atoms with van der Waals surface area (Å²) in [7, 11) is 0. The van der Waals surface area contributed by atoms with E-state index in [-0.39, 0.29) is 0 Å². The van der Waals surface area contributed by atoms with E-state index < -0.39 is 0 Å². The predicted octanol–water partition coefficient (Wildman–Crippen LogP) is 14.3. The van der Waals surface area contributed by atoms with Crippen LogP contribution in [0.5, 0.6) is 0 Å². The average Bonchev–Trinajstić information content (AvgIpc) is 3.58. The number of allylic oxidation sites excluding steroid dienone is 8. The Morgan fingerprint density at radius 1 is 0.582 bits per heavy atom. The first-order valence-corrected chi connectivity index (χ1v) is 19.0. The number of hydrogen-bond acceptors (Lipinski definition) is 3. The molecule has 0 aromatic heterocycles. The molecule has 1 atom stereocenters. The topological polar surface area (TPSA) is 18.5 Å². The number of benzene rings is 7. The molecule has 2 aliphatic rings. The Hall–Kier alpha value is -7.10. The van der Waals surface area contributed by atoms with Crippen molar-refractivity contribution in [3.63, 3.8) is 0 Å². The molecule has 264 valence electrons. The van der Waals surface area contributed by atoms with E-state index in [1.165, 1.54) is 44.5 Å². The molecule has 1 aliphatic carbocycles. The highest BCUT2D eigenvalue weighted by atomic mass is 15.2. The zero-order valence-electron chi connectivity index (χ0n) is 30.5. The summed E-state index contributed by atoms with van der Waals surface area (Å²) in [5, 5.41) is 6.11. The number of hydrogen-bond donors (Lipinski definition) is 1. The van der Waals surface area contributed by atoms with Gasteiger partial charge < -0.3 is 15.1 Å². The zero-order chi connectivity index (χ0) is 36.8. The summed E-state index contributed by atoms with van der Waals surface area (Å²) < 4.78 is 0. The molecule has 0 saturated heterocycles. The number of nitrogens with zero attached hydrogens (tertiary/aromatic N) is 2. The van der Waals surface area contributed by atoms with Crippen LogP contribution in [0.3, 0.4) is 0 Å². The van der Waals surface area contributed by atoms with Crippen molar-refractivity contribution in [3.05, 3.63) is 235 Å². The van der Waals surface area contributed by atoms with Gasteiger partial charge in [0.15, 0.2) is 0 Å². The molecule has 3 heteroatoms. The van der Waals surface area contributed by atoms with Gasteiger partial charge in [-0.2, -0.15) is 0 Å². The van der Waals surface area contributed by atoms with Crippen LogP contribution < -0.4 is 15.1 Å². The zero-order valence-corrected chi connectivity index (χ0v) is 30.5. The molecule has 7 aromatic rings. The lowest BCUT2D eigenvalue weighted by molar-refractivity contribution is 0.820. The summed E-state index contributed by atoms with van der Waals surface area (Å²) in [5.41, 5.74) is 13.0. The van der Waals surface area contributed by atoms with Crippen molar-refractivity contribution < 1.29 is 0 Å². The maximum Gasteiger partial charge on any atom is 0.0497 e. The van der Waals surface area contributed by atoms with Crippen LogP contribution in [-0.4, -0.2) is 0 Å². The lowest BCUT2D eigenvalue weighted by atomic mass is 9.90. The van der Waals surface area contributed by atoms with Gasteiger partial charge in [-0.25, -0.2) is 0 Å². The van der Waals surface area contributed by atoms with Crippen LogP contribution in [0.2, 0.25) is 0 Å². The molecule has 3 nitrogen and oxygen atoms in total. The average molecular weight is 708 g/mol. The van der Waals surface area contributed by atoms with E-state index in [1.54, 1.807) is 0 Å². The Morgan fingerprint density at radius 3 is 2.09 bits per heavy atom. The Morgan fingerprint density at radius 2 is 1.29 bits per heavy atom. The highest BCUT2D eigenvalue weighted by Crippen LogP contribution is 2.51. The Labute approximate surface area is 323 Å². The second-order valence-corrected chi connectivity index (χ2v) is 13.8. The van der Waals surface area contributed by atoms with Crippen LogP contribution in [0.15, 0.2) is 224 Å². The minimum atomic E-state index is 0.315. The molecule has 0 spiro atoms. The molecule has 55 heavy (non-hydrogen) atoms. The summed E-state index contributed by atoms with van der Waals surface area (Å²) in [6, 6.07) is 60.6. The van der Waals surface area contributed by atoms with Crippen molar-refractivity contribution in [2.24, 2.45) is 0 Å². The maximum absolute atomic E-state index is 3.60. The van der Waals surface area contributed by atoms with Gasteiger partial charge >= 0.3 is 0 Å². The second kappa shape index (κ2) is 15.5. The van der Waals surface area contributed by atoms with E-state index in [4.69, 9.17) is 0 Å². The van der Waals surface area contributed by atoms with E-state index >= 15 is 0 Å². The van der Waals surface area contributed by atoms with Crippen LogP contribution in [0, 0.1) is 0 Å². The first-order chi connectivity index (χ1) is 27.3. The van der Waals surface area contributed by atoms with Crippen LogP contribution >= 0.6 is 0 Å². The highest BCUT2D eigenvalue weighted by molar-refractivity contribution is 5.91. The Bertz CT molecular complexity index is 2550. The second-order valence-electron chi connectivity index (χ2n) is 13.8. The molecule has 1 N–H and O–H groups in total. The normalized spacial score (nSPS) is 14.8. The lowest BCUT2D eigenvalue weighted by Gasteiger charge is -2.26. The summed E-state index contributed by atoms with van der Waals surface area (Å²) in [6.45, 7) is 0. The number of fused-ring (bicyclic) bond motifs is 4. The summed E-state index contributed by atoms with van der Waals surface area (Å²) in [5.74, 6) is 0.315. The summed E-state index contributed by atoms with van der Waals surface area (Å²) >= 11 is 0. The molecule has 9 rings (SSSR count). The highest BCUT2D eigenvalue weighted by Gasteiger charge is 2.35. The number of anilines is 6. The van der Waals surface area contributed by atoms with Crippen LogP contribution in [-0.2, 0) is 0 Å². The van der Waals surface area contributed by atoms with Gasteiger partial charge in [0.25, 0.3) is 0 Å². The minimum absolute atomic E-state index is 0.315. The maximum atomic E-state index is 3.60. The van der Waals surface area contributed by atoms with E-state index in [0.717, 1.165) is 34.7 Å². The van der Waals surface area contributed by atoms with E-state index in [9.17, 15) is 0 Å². The van der Waals surface area contributed by atoms with Gasteiger partial charge in [-0.3, -0.25) is 0 Å². The molecule has 0 fully saturated rings. The quantitative estimate of drug-likeness (QED) is 0.143. The van der Waals surface area contributed by atoms with E-state index in [0.29, 0.717) is 5.92 Å². The molecular formula is C52H41N3. The minimum Gasteiger partial charge on any atom is -0.362 e. The molecular weight excluding hydrogens is 667 g/mol.